The van der Waals surface area contributed by atoms with Crippen LogP contribution in [0.3, 0.4) is 0 Å². The summed E-state index contributed by atoms with van der Waals surface area (Å²) in [7, 11) is 1.76. The smallest absolute Gasteiger partial charge is 0.250 e. The van der Waals surface area contributed by atoms with E-state index >= 15 is 0 Å². The Morgan fingerprint density at radius 1 is 1.17 bits per heavy atom. The van der Waals surface area contributed by atoms with Crippen molar-refractivity contribution in [3.8, 4) is 39.0 Å². The second kappa shape index (κ2) is 7.21. The summed E-state index contributed by atoms with van der Waals surface area (Å²) in [5, 5.41) is 5.22. The van der Waals surface area contributed by atoms with Gasteiger partial charge in [0.15, 0.2) is 10.8 Å². The van der Waals surface area contributed by atoms with Crippen molar-refractivity contribution in [2.24, 2.45) is 7.05 Å². The van der Waals surface area contributed by atoms with Gasteiger partial charge in [0, 0.05) is 42.2 Å². The predicted molar refractivity (Wildman–Crippen MR) is 117 cm³/mol. The molecule has 0 N–H and O–H groups in total. The highest BCUT2D eigenvalue weighted by Gasteiger charge is 2.24. The molecule has 5 rings (SSSR count). The Labute approximate surface area is 177 Å². The van der Waals surface area contributed by atoms with E-state index in [0.29, 0.717) is 6.61 Å². The van der Waals surface area contributed by atoms with Crippen molar-refractivity contribution >= 4 is 11.3 Å². The van der Waals surface area contributed by atoms with Gasteiger partial charge in [-0.1, -0.05) is 6.07 Å². The third-order valence-electron chi connectivity index (χ3n) is 5.19. The zero-order valence-corrected chi connectivity index (χ0v) is 17.8. The van der Waals surface area contributed by atoms with Crippen LogP contribution in [0, 0.1) is 0 Å². The molecule has 1 aromatic carbocycles. The van der Waals surface area contributed by atoms with Crippen LogP contribution in [0.4, 0.5) is 0 Å². The van der Waals surface area contributed by atoms with Gasteiger partial charge in [0.25, 0.3) is 0 Å². The summed E-state index contributed by atoms with van der Waals surface area (Å²) in [4.78, 5) is 22.4. The van der Waals surface area contributed by atoms with Crippen molar-refractivity contribution in [3.63, 3.8) is 0 Å². The highest BCUT2D eigenvalue weighted by Crippen LogP contribution is 2.41. The van der Waals surface area contributed by atoms with E-state index in [1.54, 1.807) is 35.3 Å². The first-order chi connectivity index (χ1) is 14.5. The van der Waals surface area contributed by atoms with Gasteiger partial charge in [-0.25, -0.2) is 14.6 Å². The number of hydrogen-bond acceptors (Lipinski definition) is 6. The molecule has 0 saturated carbocycles. The second-order valence-electron chi connectivity index (χ2n) is 7.59. The van der Waals surface area contributed by atoms with Crippen LogP contribution in [-0.4, -0.2) is 30.9 Å². The highest BCUT2D eigenvalue weighted by atomic mass is 32.1. The van der Waals surface area contributed by atoms with Crippen LogP contribution in [0.1, 0.15) is 24.8 Å². The monoisotopic (exact) mass is 419 g/mol. The minimum absolute atomic E-state index is 0.0301. The molecule has 0 spiro atoms. The largest absolute Gasteiger partial charge is 0.493 e. The van der Waals surface area contributed by atoms with E-state index in [4.69, 9.17) is 9.72 Å². The number of thiazole rings is 1. The topological polar surface area (TPSA) is 74.8 Å². The van der Waals surface area contributed by atoms with Crippen molar-refractivity contribution in [1.82, 2.24) is 24.3 Å². The normalized spacial score (nSPS) is 12.9. The third-order valence-corrected chi connectivity index (χ3v) is 6.30. The van der Waals surface area contributed by atoms with Crippen molar-refractivity contribution in [1.29, 1.82) is 0 Å². The Morgan fingerprint density at radius 2 is 2.00 bits per heavy atom. The lowest BCUT2D eigenvalue weighted by atomic mass is 10.0. The lowest BCUT2D eigenvalue weighted by Gasteiger charge is -2.10. The first-order valence-corrected chi connectivity index (χ1v) is 10.7. The Hall–Kier alpha value is -3.26. The van der Waals surface area contributed by atoms with Crippen LogP contribution in [0.5, 0.6) is 5.75 Å². The van der Waals surface area contributed by atoms with Crippen molar-refractivity contribution in [3.05, 3.63) is 58.1 Å². The van der Waals surface area contributed by atoms with E-state index in [9.17, 15) is 4.79 Å². The molecular formula is C22H21N5O2S. The van der Waals surface area contributed by atoms with E-state index in [0.717, 1.165) is 45.4 Å². The van der Waals surface area contributed by atoms with Crippen molar-refractivity contribution in [2.45, 2.75) is 26.3 Å². The fourth-order valence-electron chi connectivity index (χ4n) is 3.65. The second-order valence-corrected chi connectivity index (χ2v) is 8.67. The minimum atomic E-state index is -0.0301. The van der Waals surface area contributed by atoms with Crippen molar-refractivity contribution < 1.29 is 4.74 Å². The van der Waals surface area contributed by atoms with Crippen LogP contribution in [0.2, 0.25) is 0 Å². The molecule has 0 atom stereocenters. The molecule has 0 unspecified atom stereocenters. The number of benzene rings is 1. The average molecular weight is 420 g/mol. The first kappa shape index (κ1) is 18.7. The summed E-state index contributed by atoms with van der Waals surface area (Å²) in [5.41, 5.74) is 3.86. The quantitative estimate of drug-likeness (QED) is 0.503. The maximum atomic E-state index is 11.8. The van der Waals surface area contributed by atoms with Gasteiger partial charge in [-0.15, -0.1) is 11.3 Å². The molecular weight excluding hydrogens is 398 g/mol. The molecule has 4 heterocycles. The molecule has 30 heavy (non-hydrogen) atoms. The summed E-state index contributed by atoms with van der Waals surface area (Å²) in [6.45, 7) is 4.77. The van der Waals surface area contributed by atoms with E-state index in [2.05, 4.69) is 30.0 Å². The number of aryl methyl sites for hydroxylation is 1. The summed E-state index contributed by atoms with van der Waals surface area (Å²) in [6.07, 6.45) is 4.23. The zero-order chi connectivity index (χ0) is 20.8. The van der Waals surface area contributed by atoms with E-state index < -0.39 is 0 Å². The average Bonchev–Trinajstić information content (AvgIpc) is 3.34. The number of rotatable bonds is 3. The summed E-state index contributed by atoms with van der Waals surface area (Å²) in [5.74, 6) is 1.62. The number of aromatic nitrogens is 5. The lowest BCUT2D eigenvalue weighted by molar-refractivity contribution is 0.327. The lowest BCUT2D eigenvalue weighted by Crippen LogP contribution is -2.13. The Bertz CT molecular complexity index is 1300. The zero-order valence-electron chi connectivity index (χ0n) is 17.0. The minimum Gasteiger partial charge on any atom is -0.493 e. The molecule has 0 fully saturated rings. The van der Waals surface area contributed by atoms with E-state index in [-0.39, 0.29) is 11.6 Å². The molecule has 0 saturated heterocycles. The highest BCUT2D eigenvalue weighted by molar-refractivity contribution is 7.15. The van der Waals surface area contributed by atoms with Gasteiger partial charge in [0.05, 0.1) is 12.3 Å². The fourth-order valence-corrected chi connectivity index (χ4v) is 4.69. The fraction of sp³-hybridized carbons (Fsp3) is 0.273. The van der Waals surface area contributed by atoms with Gasteiger partial charge < -0.3 is 9.30 Å². The number of hydrogen-bond donors (Lipinski definition) is 0. The number of nitrogens with zero attached hydrogens (tertiary/aromatic N) is 5. The van der Waals surface area contributed by atoms with Crippen molar-refractivity contribution in [2.75, 3.05) is 6.61 Å². The molecule has 1 aliphatic rings. The number of pyridine rings is 1. The maximum absolute atomic E-state index is 11.8. The number of fused-ring (bicyclic) bond motifs is 3. The molecule has 0 radical (unpaired) electrons. The molecule has 0 aliphatic carbocycles. The Morgan fingerprint density at radius 3 is 2.80 bits per heavy atom. The van der Waals surface area contributed by atoms with Gasteiger partial charge in [0.2, 0.25) is 5.56 Å². The third kappa shape index (κ3) is 3.13. The SMILES string of the molecule is CC(C)n1ncnc1-c1nc2c(s1)CCOc1ccc(-c3ccc(=O)n(C)c3)cc1-2. The van der Waals surface area contributed by atoms with Gasteiger partial charge >= 0.3 is 0 Å². The molecule has 3 aromatic heterocycles. The van der Waals surface area contributed by atoms with Crippen LogP contribution in [-0.2, 0) is 13.5 Å². The van der Waals surface area contributed by atoms with Crippen LogP contribution in [0.15, 0.2) is 47.7 Å². The molecule has 1 aliphatic heterocycles. The maximum Gasteiger partial charge on any atom is 0.250 e. The first-order valence-electron chi connectivity index (χ1n) is 9.85. The van der Waals surface area contributed by atoms with E-state index in [1.165, 1.54) is 4.88 Å². The van der Waals surface area contributed by atoms with Gasteiger partial charge in [-0.05, 0) is 43.2 Å². The van der Waals surface area contributed by atoms with Crippen LogP contribution >= 0.6 is 11.3 Å². The molecule has 152 valence electrons. The summed E-state index contributed by atoms with van der Waals surface area (Å²) < 4.78 is 9.48. The summed E-state index contributed by atoms with van der Waals surface area (Å²) in [6, 6.07) is 9.74. The Balaban J connectivity index is 1.64. The van der Waals surface area contributed by atoms with E-state index in [1.807, 2.05) is 29.1 Å². The molecule has 8 heteroatoms. The molecule has 0 bridgehead atoms. The number of ether oxygens (including phenoxy) is 1. The van der Waals surface area contributed by atoms with Crippen LogP contribution < -0.4 is 10.3 Å². The molecule has 7 nitrogen and oxygen atoms in total. The molecule has 4 aromatic rings. The predicted octanol–water partition coefficient (Wildman–Crippen LogP) is 3.95. The molecule has 0 amide bonds. The van der Waals surface area contributed by atoms with Gasteiger partial charge in [-0.3, -0.25) is 4.79 Å². The Kier molecular flexibility index (Phi) is 4.51. The standard InChI is InChI=1S/C22H21N5O2S/c1-13(2)27-21(23-12-24-27)22-25-20-16-10-14(15-5-7-19(28)26(3)11-15)4-6-17(16)29-9-8-18(20)30-22/h4-7,10-13H,8-9H2,1-3H3. The summed E-state index contributed by atoms with van der Waals surface area (Å²) >= 11 is 1.65. The van der Waals surface area contributed by atoms with Gasteiger partial charge in [-0.2, -0.15) is 5.10 Å². The van der Waals surface area contributed by atoms with Crippen LogP contribution in [0.25, 0.3) is 33.2 Å². The van der Waals surface area contributed by atoms with Gasteiger partial charge in [0.1, 0.15) is 12.1 Å².